The van der Waals surface area contributed by atoms with Gasteiger partial charge in [-0.3, -0.25) is 0 Å². The molecule has 0 aromatic carbocycles. The van der Waals surface area contributed by atoms with Crippen molar-refractivity contribution >= 4 is 10.8 Å². The molecule has 0 spiro atoms. The van der Waals surface area contributed by atoms with Crippen molar-refractivity contribution < 1.29 is 4.21 Å². The van der Waals surface area contributed by atoms with Gasteiger partial charge in [-0.2, -0.15) is 0 Å². The fourth-order valence-corrected chi connectivity index (χ4v) is 2.88. The fourth-order valence-electron chi connectivity index (χ4n) is 1.32. The van der Waals surface area contributed by atoms with Crippen molar-refractivity contribution in [2.24, 2.45) is 5.92 Å². The molecule has 0 aromatic rings. The van der Waals surface area contributed by atoms with Crippen LogP contribution in [0.25, 0.3) is 0 Å². The van der Waals surface area contributed by atoms with Crippen LogP contribution in [0.15, 0.2) is 21.5 Å². The van der Waals surface area contributed by atoms with Crippen molar-refractivity contribution in [3.05, 3.63) is 21.5 Å². The van der Waals surface area contributed by atoms with Crippen LogP contribution in [0, 0.1) is 5.92 Å². The number of allylic oxidation sites excluding steroid dienone is 3. The van der Waals surface area contributed by atoms with Crippen LogP contribution in [0.1, 0.15) is 27.7 Å². The summed E-state index contributed by atoms with van der Waals surface area (Å²) < 4.78 is 11.4. The van der Waals surface area contributed by atoms with Gasteiger partial charge in [0.25, 0.3) is 0 Å². The fraction of sp³-hybridized carbons (Fsp3) is 0.556. The Balaban J connectivity index is 3.07. The maximum atomic E-state index is 11.4. The molecular weight excluding hydrogens is 156 g/mol. The average molecular weight is 170 g/mol. The average Bonchev–Trinajstić information content (AvgIpc) is 2.07. The van der Waals surface area contributed by atoms with Gasteiger partial charge < -0.3 is 0 Å². The van der Waals surface area contributed by atoms with Gasteiger partial charge in [-0.25, -0.2) is 4.21 Å². The number of rotatable bonds is 1. The Labute approximate surface area is 70.6 Å². The van der Waals surface area contributed by atoms with E-state index in [1.54, 1.807) is 0 Å². The van der Waals surface area contributed by atoms with Crippen LogP contribution in [0.5, 0.6) is 0 Å². The Kier molecular flexibility index (Phi) is 2.33. The van der Waals surface area contributed by atoms with E-state index in [2.05, 4.69) is 13.8 Å². The predicted octanol–water partition coefficient (Wildman–Crippen LogP) is 2.58. The van der Waals surface area contributed by atoms with Gasteiger partial charge >= 0.3 is 0 Å². The zero-order chi connectivity index (χ0) is 8.59. The van der Waals surface area contributed by atoms with Crippen molar-refractivity contribution in [2.75, 3.05) is 0 Å². The van der Waals surface area contributed by atoms with Crippen molar-refractivity contribution in [3.63, 3.8) is 0 Å². The van der Waals surface area contributed by atoms with Gasteiger partial charge in [-0.15, -0.1) is 0 Å². The minimum atomic E-state index is -0.833. The van der Waals surface area contributed by atoms with Gasteiger partial charge in [0.1, 0.15) is 0 Å². The Morgan fingerprint density at radius 3 is 2.09 bits per heavy atom. The lowest BCUT2D eigenvalue weighted by Gasteiger charge is -2.06. The van der Waals surface area contributed by atoms with Gasteiger partial charge in [0, 0.05) is 10.3 Å². The van der Waals surface area contributed by atoms with Crippen LogP contribution in [0.2, 0.25) is 0 Å². The predicted molar refractivity (Wildman–Crippen MR) is 49.4 cm³/mol. The van der Waals surface area contributed by atoms with E-state index >= 15 is 0 Å². The van der Waals surface area contributed by atoms with E-state index in [-0.39, 0.29) is 0 Å². The van der Waals surface area contributed by atoms with E-state index in [1.807, 2.05) is 19.3 Å². The maximum absolute atomic E-state index is 11.4. The van der Waals surface area contributed by atoms with Gasteiger partial charge in [0.05, 0.1) is 10.8 Å². The van der Waals surface area contributed by atoms with E-state index < -0.39 is 10.8 Å². The minimum absolute atomic E-state index is 0.407. The molecule has 0 aromatic heterocycles. The van der Waals surface area contributed by atoms with Crippen LogP contribution in [-0.2, 0) is 10.8 Å². The molecule has 0 fully saturated rings. The third-order valence-electron chi connectivity index (χ3n) is 1.99. The Bertz CT molecular complexity index is 259. The van der Waals surface area contributed by atoms with Crippen LogP contribution in [0.4, 0.5) is 0 Å². The second kappa shape index (κ2) is 2.94. The molecule has 0 aliphatic carbocycles. The molecule has 2 heteroatoms. The molecule has 1 nitrogen and oxygen atoms in total. The summed E-state index contributed by atoms with van der Waals surface area (Å²) in [6.07, 6.45) is 0. The summed E-state index contributed by atoms with van der Waals surface area (Å²) in [4.78, 5) is 1.10. The smallest absolute Gasteiger partial charge is 0.0742 e. The highest BCUT2D eigenvalue weighted by atomic mass is 32.2. The molecule has 1 aliphatic rings. The first-order valence-corrected chi connectivity index (χ1v) is 5.05. The summed E-state index contributed by atoms with van der Waals surface area (Å²) in [5, 5.41) is 1.84. The third-order valence-corrected chi connectivity index (χ3v) is 3.76. The SMILES string of the molecule is CC1=CS(=O)C(C(C)C)=C1C. The minimum Gasteiger partial charge on any atom is -0.250 e. The number of hydrogen-bond donors (Lipinski definition) is 0. The van der Waals surface area contributed by atoms with Crippen LogP contribution < -0.4 is 0 Å². The topological polar surface area (TPSA) is 17.1 Å². The molecule has 0 N–H and O–H groups in total. The Morgan fingerprint density at radius 1 is 1.36 bits per heavy atom. The normalized spacial score (nSPS) is 24.8. The third kappa shape index (κ3) is 1.45. The molecule has 62 valence electrons. The van der Waals surface area contributed by atoms with E-state index in [1.165, 1.54) is 11.1 Å². The first-order chi connectivity index (χ1) is 5.04. The molecule has 1 unspecified atom stereocenters. The molecule has 1 atom stereocenters. The van der Waals surface area contributed by atoms with Gasteiger partial charge in [0.15, 0.2) is 0 Å². The van der Waals surface area contributed by atoms with Crippen LogP contribution >= 0.6 is 0 Å². The molecule has 0 bridgehead atoms. The molecule has 11 heavy (non-hydrogen) atoms. The van der Waals surface area contributed by atoms with Crippen LogP contribution in [0.3, 0.4) is 0 Å². The highest BCUT2D eigenvalue weighted by Crippen LogP contribution is 2.30. The highest BCUT2D eigenvalue weighted by Gasteiger charge is 2.19. The summed E-state index contributed by atoms with van der Waals surface area (Å²) in [5.74, 6) is 0.407. The molecule has 0 saturated carbocycles. The van der Waals surface area contributed by atoms with E-state index in [4.69, 9.17) is 0 Å². The molecule has 0 amide bonds. The van der Waals surface area contributed by atoms with E-state index in [9.17, 15) is 4.21 Å². The first kappa shape index (κ1) is 8.72. The Morgan fingerprint density at radius 2 is 1.91 bits per heavy atom. The first-order valence-electron chi connectivity index (χ1n) is 3.84. The lowest BCUT2D eigenvalue weighted by molar-refractivity contribution is 0.685. The molecular formula is C9H14OS. The summed E-state index contributed by atoms with van der Waals surface area (Å²) in [7, 11) is -0.833. The largest absolute Gasteiger partial charge is 0.250 e. The zero-order valence-corrected chi connectivity index (χ0v) is 8.29. The maximum Gasteiger partial charge on any atom is 0.0742 e. The quantitative estimate of drug-likeness (QED) is 0.591. The molecule has 1 rings (SSSR count). The van der Waals surface area contributed by atoms with Gasteiger partial charge in [0.2, 0.25) is 0 Å². The van der Waals surface area contributed by atoms with Crippen molar-refractivity contribution in [3.8, 4) is 0 Å². The van der Waals surface area contributed by atoms with Gasteiger partial charge in [-0.05, 0) is 30.9 Å². The molecule has 1 heterocycles. The highest BCUT2D eigenvalue weighted by molar-refractivity contribution is 7.92. The monoisotopic (exact) mass is 170 g/mol. The van der Waals surface area contributed by atoms with Crippen LogP contribution in [-0.4, -0.2) is 4.21 Å². The molecule has 0 radical (unpaired) electrons. The summed E-state index contributed by atoms with van der Waals surface area (Å²) in [6, 6.07) is 0. The number of hydrogen-bond acceptors (Lipinski definition) is 1. The lowest BCUT2D eigenvalue weighted by atomic mass is 10.1. The Hall–Kier alpha value is -0.370. The lowest BCUT2D eigenvalue weighted by Crippen LogP contribution is -1.98. The standard InChI is InChI=1S/C9H14OS/c1-6(2)9-8(4)7(3)5-11(9)10/h5-6H,1-4H3. The van der Waals surface area contributed by atoms with Crippen molar-refractivity contribution in [1.82, 2.24) is 0 Å². The second-order valence-electron chi connectivity index (χ2n) is 3.24. The molecule has 1 aliphatic heterocycles. The summed E-state index contributed by atoms with van der Waals surface area (Å²) in [6.45, 7) is 8.24. The van der Waals surface area contributed by atoms with Gasteiger partial charge in [-0.1, -0.05) is 13.8 Å². The summed E-state index contributed by atoms with van der Waals surface area (Å²) in [5.41, 5.74) is 2.39. The van der Waals surface area contributed by atoms with Crippen molar-refractivity contribution in [1.29, 1.82) is 0 Å². The second-order valence-corrected chi connectivity index (χ2v) is 4.51. The zero-order valence-electron chi connectivity index (χ0n) is 7.47. The molecule has 0 saturated heterocycles. The van der Waals surface area contributed by atoms with E-state index in [0.717, 1.165) is 4.91 Å². The van der Waals surface area contributed by atoms with E-state index in [0.29, 0.717) is 5.92 Å². The van der Waals surface area contributed by atoms with Crippen molar-refractivity contribution in [2.45, 2.75) is 27.7 Å². The summed E-state index contributed by atoms with van der Waals surface area (Å²) >= 11 is 0.